The highest BCUT2D eigenvalue weighted by molar-refractivity contribution is 5.89. The van der Waals surface area contributed by atoms with Crippen LogP contribution in [-0.2, 0) is 11.3 Å². The third-order valence-electron chi connectivity index (χ3n) is 3.68. The topological polar surface area (TPSA) is 30.2 Å². The zero-order chi connectivity index (χ0) is 13.9. The number of benzene rings is 1. The Balaban J connectivity index is 0.00000161. The van der Waals surface area contributed by atoms with E-state index in [0.717, 1.165) is 6.54 Å². The zero-order valence-corrected chi connectivity index (χ0v) is 13.5. The SMILES string of the molecule is COC(=O)c1cc[n+](Cc2ccccc2)c(C2CC2)c1.[Br-]. The summed E-state index contributed by atoms with van der Waals surface area (Å²) in [6, 6.07) is 14.2. The Labute approximate surface area is 135 Å². The molecule has 21 heavy (non-hydrogen) atoms. The maximum absolute atomic E-state index is 11.6. The van der Waals surface area contributed by atoms with Crippen molar-refractivity contribution in [2.75, 3.05) is 7.11 Å². The van der Waals surface area contributed by atoms with E-state index in [1.54, 1.807) is 0 Å². The van der Waals surface area contributed by atoms with Gasteiger partial charge in [0.15, 0.2) is 18.4 Å². The van der Waals surface area contributed by atoms with Gasteiger partial charge in [0.1, 0.15) is 0 Å². The van der Waals surface area contributed by atoms with Crippen molar-refractivity contribution >= 4 is 5.97 Å². The van der Waals surface area contributed by atoms with E-state index in [1.807, 2.05) is 24.4 Å². The van der Waals surface area contributed by atoms with E-state index in [2.05, 4.69) is 28.8 Å². The molecule has 1 saturated carbocycles. The smallest absolute Gasteiger partial charge is 0.338 e. The fourth-order valence-corrected chi connectivity index (χ4v) is 2.45. The number of halogens is 1. The van der Waals surface area contributed by atoms with Gasteiger partial charge in [-0.05, 0) is 12.8 Å². The molecule has 1 fully saturated rings. The number of carbonyl (C=O) groups is 1. The van der Waals surface area contributed by atoms with E-state index in [0.29, 0.717) is 11.5 Å². The lowest BCUT2D eigenvalue weighted by Crippen LogP contribution is -3.00. The van der Waals surface area contributed by atoms with Crippen molar-refractivity contribution in [2.24, 2.45) is 0 Å². The molecule has 0 radical (unpaired) electrons. The Kier molecular flexibility index (Phi) is 5.12. The minimum absolute atomic E-state index is 0. The summed E-state index contributed by atoms with van der Waals surface area (Å²) in [5.41, 5.74) is 3.14. The molecule has 0 amide bonds. The third kappa shape index (κ3) is 3.70. The molecule has 0 unspecified atom stereocenters. The first-order valence-corrected chi connectivity index (χ1v) is 6.93. The minimum Gasteiger partial charge on any atom is -1.00 e. The van der Waals surface area contributed by atoms with Crippen LogP contribution in [0.2, 0.25) is 0 Å². The molecule has 1 heterocycles. The fraction of sp³-hybridized carbons (Fsp3) is 0.294. The lowest BCUT2D eigenvalue weighted by Gasteiger charge is -2.05. The number of rotatable bonds is 4. The first-order valence-electron chi connectivity index (χ1n) is 6.93. The van der Waals surface area contributed by atoms with Crippen LogP contribution < -0.4 is 21.5 Å². The van der Waals surface area contributed by atoms with Crippen LogP contribution in [0.15, 0.2) is 48.7 Å². The number of ether oxygens (including phenoxy) is 1. The highest BCUT2D eigenvalue weighted by Crippen LogP contribution is 2.38. The molecule has 0 N–H and O–H groups in total. The number of aromatic nitrogens is 1. The largest absolute Gasteiger partial charge is 1.00 e. The van der Waals surface area contributed by atoms with E-state index >= 15 is 0 Å². The van der Waals surface area contributed by atoms with Gasteiger partial charge < -0.3 is 21.7 Å². The van der Waals surface area contributed by atoms with Crippen molar-refractivity contribution in [3.05, 3.63) is 65.5 Å². The maximum atomic E-state index is 11.6. The summed E-state index contributed by atoms with van der Waals surface area (Å²) in [6.07, 6.45) is 4.41. The summed E-state index contributed by atoms with van der Waals surface area (Å²) in [6.45, 7) is 0.841. The molecule has 0 atom stereocenters. The first-order chi connectivity index (χ1) is 9.78. The van der Waals surface area contributed by atoms with Crippen LogP contribution in [0.1, 0.15) is 40.4 Å². The second-order valence-electron chi connectivity index (χ2n) is 5.22. The summed E-state index contributed by atoms with van der Waals surface area (Å²) in [5.74, 6) is 0.321. The van der Waals surface area contributed by atoms with Crippen molar-refractivity contribution in [3.63, 3.8) is 0 Å². The molecule has 2 aromatic rings. The van der Waals surface area contributed by atoms with Crippen molar-refractivity contribution in [1.29, 1.82) is 0 Å². The van der Waals surface area contributed by atoms with E-state index in [9.17, 15) is 4.79 Å². The zero-order valence-electron chi connectivity index (χ0n) is 12.0. The summed E-state index contributed by atoms with van der Waals surface area (Å²) in [5, 5.41) is 0. The van der Waals surface area contributed by atoms with Crippen LogP contribution in [0.25, 0.3) is 0 Å². The van der Waals surface area contributed by atoms with Gasteiger partial charge >= 0.3 is 5.97 Å². The van der Waals surface area contributed by atoms with E-state index in [-0.39, 0.29) is 23.0 Å². The van der Waals surface area contributed by atoms with Crippen LogP contribution in [0.3, 0.4) is 0 Å². The molecule has 3 nitrogen and oxygen atoms in total. The highest BCUT2D eigenvalue weighted by atomic mass is 79.9. The number of hydrogen-bond acceptors (Lipinski definition) is 2. The molecular weight excluding hydrogens is 330 g/mol. The molecule has 3 rings (SSSR count). The quantitative estimate of drug-likeness (QED) is 0.561. The van der Waals surface area contributed by atoms with Gasteiger partial charge in [-0.2, -0.15) is 4.57 Å². The summed E-state index contributed by atoms with van der Waals surface area (Å²) >= 11 is 0. The fourth-order valence-electron chi connectivity index (χ4n) is 2.45. The predicted molar refractivity (Wildman–Crippen MR) is 75.5 cm³/mol. The second-order valence-corrected chi connectivity index (χ2v) is 5.22. The standard InChI is InChI=1S/C17H18NO2.BrH/c1-20-17(19)15-9-10-18(16(11-15)14-7-8-14)12-13-5-3-2-4-6-13;/h2-6,9-11,14H,7-8,12H2,1H3;1H/q+1;/p-1. The molecule has 1 aromatic carbocycles. The molecule has 0 bridgehead atoms. The first kappa shape index (κ1) is 15.7. The molecule has 0 spiro atoms. The minimum atomic E-state index is -0.265. The Morgan fingerprint density at radius 2 is 1.95 bits per heavy atom. The Morgan fingerprint density at radius 3 is 2.57 bits per heavy atom. The van der Waals surface area contributed by atoms with Crippen molar-refractivity contribution < 1.29 is 31.1 Å². The van der Waals surface area contributed by atoms with Crippen molar-refractivity contribution in [3.8, 4) is 0 Å². The molecule has 4 heteroatoms. The average molecular weight is 348 g/mol. The molecular formula is C17H18BrNO2. The van der Waals surface area contributed by atoms with Crippen LogP contribution >= 0.6 is 0 Å². The molecule has 110 valence electrons. The van der Waals surface area contributed by atoms with Crippen LogP contribution in [0.5, 0.6) is 0 Å². The molecule has 1 aromatic heterocycles. The van der Waals surface area contributed by atoms with Gasteiger partial charge in [-0.1, -0.05) is 30.3 Å². The maximum Gasteiger partial charge on any atom is 0.338 e. The van der Waals surface area contributed by atoms with Gasteiger partial charge in [0.05, 0.1) is 12.7 Å². The van der Waals surface area contributed by atoms with Gasteiger partial charge in [0.2, 0.25) is 0 Å². The Bertz CT molecular complexity index is 624. The van der Waals surface area contributed by atoms with Gasteiger partial charge in [-0.3, -0.25) is 0 Å². The van der Waals surface area contributed by atoms with Crippen LogP contribution in [0.4, 0.5) is 0 Å². The van der Waals surface area contributed by atoms with Gasteiger partial charge in [-0.25, -0.2) is 4.79 Å². The van der Waals surface area contributed by atoms with Gasteiger partial charge in [0.25, 0.3) is 0 Å². The molecule has 1 aliphatic carbocycles. The van der Waals surface area contributed by atoms with Crippen LogP contribution in [0, 0.1) is 0 Å². The lowest BCUT2D eigenvalue weighted by molar-refractivity contribution is -0.696. The molecule has 1 aliphatic rings. The lowest BCUT2D eigenvalue weighted by atomic mass is 10.1. The summed E-state index contributed by atoms with van der Waals surface area (Å²) < 4.78 is 7.04. The average Bonchev–Trinajstić information content (AvgIpc) is 3.32. The number of methoxy groups -OCH3 is 1. The number of esters is 1. The monoisotopic (exact) mass is 347 g/mol. The van der Waals surface area contributed by atoms with Crippen molar-refractivity contribution in [1.82, 2.24) is 0 Å². The third-order valence-corrected chi connectivity index (χ3v) is 3.68. The Morgan fingerprint density at radius 1 is 1.24 bits per heavy atom. The highest BCUT2D eigenvalue weighted by Gasteiger charge is 2.32. The molecule has 0 aliphatic heterocycles. The van der Waals surface area contributed by atoms with E-state index in [4.69, 9.17) is 4.74 Å². The van der Waals surface area contributed by atoms with Crippen molar-refractivity contribution in [2.45, 2.75) is 25.3 Å². The predicted octanol–water partition coefficient (Wildman–Crippen LogP) is -0.310. The summed E-state index contributed by atoms with van der Waals surface area (Å²) in [7, 11) is 1.42. The van der Waals surface area contributed by atoms with Crippen LogP contribution in [-0.4, -0.2) is 13.1 Å². The van der Waals surface area contributed by atoms with Gasteiger partial charge in [0, 0.05) is 23.6 Å². The Hall–Kier alpha value is -1.68. The molecule has 0 saturated heterocycles. The normalized spacial score (nSPS) is 13.4. The number of nitrogens with zero attached hydrogens (tertiary/aromatic N) is 1. The number of pyridine rings is 1. The van der Waals surface area contributed by atoms with E-state index < -0.39 is 0 Å². The number of hydrogen-bond donors (Lipinski definition) is 0. The van der Waals surface area contributed by atoms with E-state index in [1.165, 1.54) is 31.2 Å². The van der Waals surface area contributed by atoms with Gasteiger partial charge in [-0.15, -0.1) is 0 Å². The summed E-state index contributed by atoms with van der Waals surface area (Å²) in [4.78, 5) is 11.6. The second kappa shape index (κ2) is 6.85. The number of carbonyl (C=O) groups excluding carboxylic acids is 1.